The first-order chi connectivity index (χ1) is 8.50. The Kier molecular flexibility index (Phi) is 6.36. The Morgan fingerprint density at radius 1 is 1.28 bits per heavy atom. The molecule has 0 radical (unpaired) electrons. The van der Waals surface area contributed by atoms with Crippen LogP contribution in [0, 0.1) is 0 Å². The van der Waals surface area contributed by atoms with Gasteiger partial charge in [0.2, 0.25) is 5.91 Å². The molecule has 0 fully saturated rings. The topological polar surface area (TPSA) is 41.1 Å². The molecule has 0 aliphatic carbocycles. The van der Waals surface area contributed by atoms with E-state index < -0.39 is 0 Å². The second-order valence-electron chi connectivity index (χ2n) is 4.67. The van der Waals surface area contributed by atoms with Crippen LogP contribution in [0.2, 0.25) is 0 Å². The third-order valence-corrected chi connectivity index (χ3v) is 3.38. The lowest BCUT2D eigenvalue weighted by Gasteiger charge is -2.16. The van der Waals surface area contributed by atoms with Crippen molar-refractivity contribution in [2.45, 2.75) is 39.3 Å². The molecular weight excluding hydrogens is 292 g/mol. The number of hydrogen-bond acceptors (Lipinski definition) is 2. The number of amides is 1. The highest BCUT2D eigenvalue weighted by Gasteiger charge is 2.11. The van der Waals surface area contributed by atoms with E-state index in [-0.39, 0.29) is 11.9 Å². The molecule has 18 heavy (non-hydrogen) atoms. The molecule has 1 rings (SSSR count). The summed E-state index contributed by atoms with van der Waals surface area (Å²) in [6.45, 7) is 6.85. The van der Waals surface area contributed by atoms with Crippen LogP contribution in [0.5, 0.6) is 0 Å². The Bertz CT molecular complexity index is 393. The van der Waals surface area contributed by atoms with Gasteiger partial charge in [-0.3, -0.25) is 4.79 Å². The fraction of sp³-hybridized carbons (Fsp3) is 0.500. The van der Waals surface area contributed by atoms with E-state index in [1.54, 1.807) is 0 Å². The van der Waals surface area contributed by atoms with Crippen LogP contribution in [-0.4, -0.2) is 18.5 Å². The molecule has 0 bridgehead atoms. The zero-order valence-corrected chi connectivity index (χ0v) is 12.8. The summed E-state index contributed by atoms with van der Waals surface area (Å²) >= 11 is 3.49. The van der Waals surface area contributed by atoms with Crippen molar-refractivity contribution < 1.29 is 4.79 Å². The van der Waals surface area contributed by atoms with E-state index in [4.69, 9.17) is 0 Å². The van der Waals surface area contributed by atoms with Gasteiger partial charge in [-0.05, 0) is 18.6 Å². The van der Waals surface area contributed by atoms with Gasteiger partial charge in [-0.2, -0.15) is 0 Å². The van der Waals surface area contributed by atoms with Gasteiger partial charge in [0.15, 0.2) is 0 Å². The molecular formula is C14H21BrN2O. The van der Waals surface area contributed by atoms with Gasteiger partial charge in [0.05, 0.1) is 6.04 Å². The Labute approximate surface area is 117 Å². The number of halogens is 1. The summed E-state index contributed by atoms with van der Waals surface area (Å²) in [5, 5.41) is 6.23. The number of carbonyl (C=O) groups excluding carboxylic acids is 1. The summed E-state index contributed by atoms with van der Waals surface area (Å²) in [6.07, 6.45) is 0.507. The predicted octanol–water partition coefficient (Wildman–Crippen LogP) is 3.01. The number of carbonyl (C=O) groups is 1. The van der Waals surface area contributed by atoms with Crippen LogP contribution in [0.15, 0.2) is 28.7 Å². The maximum Gasteiger partial charge on any atom is 0.221 e. The monoisotopic (exact) mass is 312 g/mol. The Morgan fingerprint density at radius 3 is 2.56 bits per heavy atom. The number of hydrogen-bond donors (Lipinski definition) is 2. The average Bonchev–Trinajstić information content (AvgIpc) is 2.28. The number of nitrogens with one attached hydrogen (secondary N) is 2. The van der Waals surface area contributed by atoms with Crippen molar-refractivity contribution in [2.75, 3.05) is 6.54 Å². The molecule has 0 saturated heterocycles. The highest BCUT2D eigenvalue weighted by Crippen LogP contribution is 2.22. The number of rotatable bonds is 6. The standard InChI is InChI=1S/C14H21BrN2O/c1-10(2)16-9-8-14(18)17-11(3)12-6-4-5-7-13(12)15/h4-7,10-11,16H,8-9H2,1-3H3,(H,17,18)/t11-/m0/s1. The van der Waals surface area contributed by atoms with Crippen molar-refractivity contribution in [3.8, 4) is 0 Å². The normalized spacial score (nSPS) is 12.5. The number of benzene rings is 1. The molecule has 0 aliphatic rings. The van der Waals surface area contributed by atoms with E-state index in [0.29, 0.717) is 19.0 Å². The van der Waals surface area contributed by atoms with Crippen molar-refractivity contribution in [3.05, 3.63) is 34.3 Å². The zero-order valence-electron chi connectivity index (χ0n) is 11.2. The lowest BCUT2D eigenvalue weighted by Crippen LogP contribution is -2.32. The average molecular weight is 313 g/mol. The quantitative estimate of drug-likeness (QED) is 0.847. The third kappa shape index (κ3) is 5.19. The fourth-order valence-corrected chi connectivity index (χ4v) is 2.32. The van der Waals surface area contributed by atoms with Crippen molar-refractivity contribution in [1.82, 2.24) is 10.6 Å². The van der Waals surface area contributed by atoms with Crippen molar-refractivity contribution >= 4 is 21.8 Å². The largest absolute Gasteiger partial charge is 0.350 e. The molecule has 1 aromatic carbocycles. The summed E-state index contributed by atoms with van der Waals surface area (Å²) in [6, 6.07) is 8.38. The summed E-state index contributed by atoms with van der Waals surface area (Å²) in [4.78, 5) is 11.8. The molecule has 0 unspecified atom stereocenters. The van der Waals surface area contributed by atoms with Crippen molar-refractivity contribution in [2.24, 2.45) is 0 Å². The molecule has 100 valence electrons. The van der Waals surface area contributed by atoms with Crippen LogP contribution in [0.25, 0.3) is 0 Å². The van der Waals surface area contributed by atoms with Gasteiger partial charge in [0.25, 0.3) is 0 Å². The van der Waals surface area contributed by atoms with E-state index in [1.165, 1.54) is 0 Å². The minimum absolute atomic E-state index is 0.0205. The molecule has 4 heteroatoms. The second kappa shape index (κ2) is 7.54. The van der Waals surface area contributed by atoms with Gasteiger partial charge < -0.3 is 10.6 Å². The summed E-state index contributed by atoms with van der Waals surface area (Å²) in [5.41, 5.74) is 1.10. The minimum atomic E-state index is 0.0205. The Morgan fingerprint density at radius 2 is 1.94 bits per heavy atom. The van der Waals surface area contributed by atoms with Crippen LogP contribution < -0.4 is 10.6 Å². The predicted molar refractivity (Wildman–Crippen MR) is 78.5 cm³/mol. The molecule has 3 nitrogen and oxygen atoms in total. The van der Waals surface area contributed by atoms with E-state index in [9.17, 15) is 4.79 Å². The SMILES string of the molecule is CC(C)NCCC(=O)N[C@@H](C)c1ccccc1Br. The second-order valence-corrected chi connectivity index (χ2v) is 5.52. The molecule has 1 amide bonds. The Balaban J connectivity index is 2.42. The zero-order chi connectivity index (χ0) is 13.5. The minimum Gasteiger partial charge on any atom is -0.350 e. The first kappa shape index (κ1) is 15.2. The van der Waals surface area contributed by atoms with Gasteiger partial charge >= 0.3 is 0 Å². The first-order valence-corrected chi connectivity index (χ1v) is 7.07. The van der Waals surface area contributed by atoms with Gasteiger partial charge in [0, 0.05) is 23.5 Å². The molecule has 1 aromatic rings. The first-order valence-electron chi connectivity index (χ1n) is 6.28. The molecule has 0 aliphatic heterocycles. The maximum absolute atomic E-state index is 11.8. The lowest BCUT2D eigenvalue weighted by atomic mass is 10.1. The van der Waals surface area contributed by atoms with Crippen LogP contribution in [-0.2, 0) is 4.79 Å². The van der Waals surface area contributed by atoms with Crippen LogP contribution in [0.3, 0.4) is 0 Å². The third-order valence-electron chi connectivity index (χ3n) is 2.65. The van der Waals surface area contributed by atoms with Crippen LogP contribution in [0.1, 0.15) is 38.8 Å². The van der Waals surface area contributed by atoms with Crippen molar-refractivity contribution in [1.29, 1.82) is 0 Å². The van der Waals surface area contributed by atoms with E-state index in [1.807, 2.05) is 31.2 Å². The molecule has 0 aromatic heterocycles. The highest BCUT2D eigenvalue weighted by molar-refractivity contribution is 9.10. The molecule has 0 heterocycles. The van der Waals surface area contributed by atoms with Gasteiger partial charge in [-0.25, -0.2) is 0 Å². The summed E-state index contributed by atoms with van der Waals surface area (Å²) in [7, 11) is 0. The van der Waals surface area contributed by atoms with Gasteiger partial charge in [-0.1, -0.05) is 48.0 Å². The van der Waals surface area contributed by atoms with Crippen LogP contribution in [0.4, 0.5) is 0 Å². The Hall–Kier alpha value is -0.870. The van der Waals surface area contributed by atoms with Crippen molar-refractivity contribution in [3.63, 3.8) is 0 Å². The van der Waals surface area contributed by atoms with E-state index in [0.717, 1.165) is 10.0 Å². The summed E-state index contributed by atoms with van der Waals surface area (Å²) < 4.78 is 1.03. The smallest absolute Gasteiger partial charge is 0.221 e. The van der Waals surface area contributed by atoms with Gasteiger partial charge in [-0.15, -0.1) is 0 Å². The molecule has 1 atom stereocenters. The van der Waals surface area contributed by atoms with E-state index >= 15 is 0 Å². The molecule has 2 N–H and O–H groups in total. The lowest BCUT2D eigenvalue weighted by molar-refractivity contribution is -0.121. The molecule has 0 spiro atoms. The maximum atomic E-state index is 11.8. The van der Waals surface area contributed by atoms with Gasteiger partial charge in [0.1, 0.15) is 0 Å². The fourth-order valence-electron chi connectivity index (χ4n) is 1.69. The van der Waals surface area contributed by atoms with E-state index in [2.05, 4.69) is 40.4 Å². The highest BCUT2D eigenvalue weighted by atomic mass is 79.9. The van der Waals surface area contributed by atoms with Crippen LogP contribution >= 0.6 is 15.9 Å². The molecule has 0 saturated carbocycles. The summed E-state index contributed by atoms with van der Waals surface area (Å²) in [5.74, 6) is 0.0754.